The fourth-order valence-electron chi connectivity index (χ4n) is 1.43. The number of rotatable bonds is 3. The number of nitrogens with zero attached hydrogens (tertiary/aromatic N) is 1. The maximum absolute atomic E-state index is 11.3. The minimum atomic E-state index is -0.354. The van der Waals surface area contributed by atoms with Crippen LogP contribution in [0.3, 0.4) is 0 Å². The second-order valence-electron chi connectivity index (χ2n) is 3.67. The number of carbonyl (C=O) groups is 1. The molecular formula is C13H13N3O2. The van der Waals surface area contributed by atoms with Crippen LogP contribution in [-0.2, 0) is 4.74 Å². The summed E-state index contributed by atoms with van der Waals surface area (Å²) in [6.45, 7) is 0. The van der Waals surface area contributed by atoms with Gasteiger partial charge < -0.3 is 15.8 Å². The van der Waals surface area contributed by atoms with Gasteiger partial charge in [0.2, 0.25) is 0 Å². The Labute approximate surface area is 105 Å². The van der Waals surface area contributed by atoms with Gasteiger partial charge >= 0.3 is 5.97 Å². The van der Waals surface area contributed by atoms with E-state index in [4.69, 9.17) is 5.73 Å². The van der Waals surface area contributed by atoms with Gasteiger partial charge in [0.1, 0.15) is 5.82 Å². The summed E-state index contributed by atoms with van der Waals surface area (Å²) < 4.78 is 4.62. The summed E-state index contributed by atoms with van der Waals surface area (Å²) in [4.78, 5) is 15.4. The van der Waals surface area contributed by atoms with Gasteiger partial charge in [0.25, 0.3) is 0 Å². The highest BCUT2D eigenvalue weighted by Crippen LogP contribution is 2.16. The SMILES string of the molecule is COC(=O)c1ccc(Nc2ccc(N)cn2)cc1. The number of hydrogen-bond acceptors (Lipinski definition) is 5. The third-order valence-electron chi connectivity index (χ3n) is 2.36. The molecule has 0 saturated carbocycles. The molecule has 0 aliphatic carbocycles. The van der Waals surface area contributed by atoms with Crippen LogP contribution in [0.5, 0.6) is 0 Å². The maximum atomic E-state index is 11.3. The molecule has 2 rings (SSSR count). The monoisotopic (exact) mass is 243 g/mol. The van der Waals surface area contributed by atoms with E-state index in [1.807, 2.05) is 0 Å². The quantitative estimate of drug-likeness (QED) is 0.808. The second-order valence-corrected chi connectivity index (χ2v) is 3.67. The highest BCUT2D eigenvalue weighted by atomic mass is 16.5. The van der Waals surface area contributed by atoms with Crippen LogP contribution in [0.4, 0.5) is 17.2 Å². The molecule has 18 heavy (non-hydrogen) atoms. The van der Waals surface area contributed by atoms with Crippen molar-refractivity contribution in [1.82, 2.24) is 4.98 Å². The Hall–Kier alpha value is -2.56. The molecule has 1 heterocycles. The van der Waals surface area contributed by atoms with E-state index >= 15 is 0 Å². The molecule has 3 N–H and O–H groups in total. The van der Waals surface area contributed by atoms with Crippen LogP contribution in [0.2, 0.25) is 0 Å². The zero-order valence-corrected chi connectivity index (χ0v) is 9.88. The lowest BCUT2D eigenvalue weighted by atomic mass is 10.2. The fraction of sp³-hybridized carbons (Fsp3) is 0.0769. The molecule has 0 bridgehead atoms. The van der Waals surface area contributed by atoms with E-state index in [0.29, 0.717) is 17.1 Å². The predicted octanol–water partition coefficient (Wildman–Crippen LogP) is 2.19. The molecule has 0 fully saturated rings. The van der Waals surface area contributed by atoms with Gasteiger partial charge in [-0.15, -0.1) is 0 Å². The number of pyridine rings is 1. The number of methoxy groups -OCH3 is 1. The fourth-order valence-corrected chi connectivity index (χ4v) is 1.43. The van der Waals surface area contributed by atoms with Crippen LogP contribution in [0.15, 0.2) is 42.6 Å². The van der Waals surface area contributed by atoms with Crippen molar-refractivity contribution < 1.29 is 9.53 Å². The molecule has 0 aliphatic heterocycles. The maximum Gasteiger partial charge on any atom is 0.337 e. The van der Waals surface area contributed by atoms with E-state index in [0.717, 1.165) is 5.69 Å². The lowest BCUT2D eigenvalue weighted by Gasteiger charge is -2.06. The van der Waals surface area contributed by atoms with Gasteiger partial charge in [0, 0.05) is 5.69 Å². The Morgan fingerprint density at radius 3 is 2.50 bits per heavy atom. The molecule has 5 heteroatoms. The van der Waals surface area contributed by atoms with Crippen molar-refractivity contribution in [3.8, 4) is 0 Å². The third kappa shape index (κ3) is 2.76. The average Bonchev–Trinajstić information content (AvgIpc) is 2.41. The van der Waals surface area contributed by atoms with Crippen molar-refractivity contribution in [1.29, 1.82) is 0 Å². The van der Waals surface area contributed by atoms with Gasteiger partial charge in [-0.1, -0.05) is 0 Å². The molecule has 5 nitrogen and oxygen atoms in total. The highest BCUT2D eigenvalue weighted by Gasteiger charge is 2.04. The standard InChI is InChI=1S/C13H13N3O2/c1-18-13(17)9-2-5-11(6-3-9)16-12-7-4-10(14)8-15-12/h2-8H,14H2,1H3,(H,15,16). The number of benzene rings is 1. The Morgan fingerprint density at radius 1 is 1.22 bits per heavy atom. The number of carbonyl (C=O) groups excluding carboxylic acids is 1. The number of ether oxygens (including phenoxy) is 1. The number of anilines is 3. The van der Waals surface area contributed by atoms with E-state index in [1.165, 1.54) is 7.11 Å². The molecule has 2 aromatic rings. The summed E-state index contributed by atoms with van der Waals surface area (Å²) in [6.07, 6.45) is 1.57. The zero-order valence-electron chi connectivity index (χ0n) is 9.88. The van der Waals surface area contributed by atoms with Gasteiger partial charge in [-0.3, -0.25) is 0 Å². The van der Waals surface area contributed by atoms with E-state index < -0.39 is 0 Å². The first-order valence-electron chi connectivity index (χ1n) is 5.36. The number of hydrogen-bond donors (Lipinski definition) is 2. The number of nitrogens with two attached hydrogens (primary N) is 1. The summed E-state index contributed by atoms with van der Waals surface area (Å²) in [7, 11) is 1.35. The van der Waals surface area contributed by atoms with Crippen LogP contribution < -0.4 is 11.1 Å². The Bertz CT molecular complexity index is 535. The smallest absolute Gasteiger partial charge is 0.337 e. The first kappa shape index (κ1) is 11.9. The van der Waals surface area contributed by atoms with Crippen LogP contribution >= 0.6 is 0 Å². The molecule has 0 amide bonds. The van der Waals surface area contributed by atoms with Gasteiger partial charge in [0.15, 0.2) is 0 Å². The normalized spacial score (nSPS) is 9.83. The van der Waals surface area contributed by atoms with E-state index in [1.54, 1.807) is 42.6 Å². The van der Waals surface area contributed by atoms with Crippen LogP contribution in [-0.4, -0.2) is 18.1 Å². The minimum absolute atomic E-state index is 0.354. The van der Waals surface area contributed by atoms with Gasteiger partial charge in [-0.05, 0) is 36.4 Å². The van der Waals surface area contributed by atoms with Gasteiger partial charge in [-0.25, -0.2) is 9.78 Å². The van der Waals surface area contributed by atoms with Gasteiger partial charge in [0.05, 0.1) is 24.6 Å². The number of nitrogen functional groups attached to an aromatic ring is 1. The predicted molar refractivity (Wildman–Crippen MR) is 69.7 cm³/mol. The summed E-state index contributed by atoms with van der Waals surface area (Å²) in [5.74, 6) is 0.335. The molecule has 0 aliphatic rings. The number of aromatic nitrogens is 1. The van der Waals surface area contributed by atoms with Crippen molar-refractivity contribution in [2.75, 3.05) is 18.2 Å². The molecule has 0 saturated heterocycles. The molecule has 0 unspecified atom stereocenters. The second kappa shape index (κ2) is 5.18. The lowest BCUT2D eigenvalue weighted by Crippen LogP contribution is -2.01. The Balaban J connectivity index is 2.10. The summed E-state index contributed by atoms with van der Waals surface area (Å²) >= 11 is 0. The molecule has 1 aromatic carbocycles. The van der Waals surface area contributed by atoms with Crippen LogP contribution in [0.1, 0.15) is 10.4 Å². The van der Waals surface area contributed by atoms with Crippen molar-refractivity contribution in [3.05, 3.63) is 48.2 Å². The zero-order chi connectivity index (χ0) is 13.0. The number of esters is 1. The topological polar surface area (TPSA) is 77.2 Å². The van der Waals surface area contributed by atoms with Crippen LogP contribution in [0, 0.1) is 0 Å². The Kier molecular flexibility index (Phi) is 3.43. The number of nitrogens with one attached hydrogen (secondary N) is 1. The summed E-state index contributed by atoms with van der Waals surface area (Å²) in [5.41, 5.74) is 7.50. The first-order valence-corrected chi connectivity index (χ1v) is 5.36. The molecule has 92 valence electrons. The molecule has 0 atom stereocenters. The Morgan fingerprint density at radius 2 is 1.94 bits per heavy atom. The minimum Gasteiger partial charge on any atom is -0.465 e. The van der Waals surface area contributed by atoms with Gasteiger partial charge in [-0.2, -0.15) is 0 Å². The molecule has 0 radical (unpaired) electrons. The van der Waals surface area contributed by atoms with Crippen molar-refractivity contribution in [2.24, 2.45) is 0 Å². The van der Waals surface area contributed by atoms with E-state index in [2.05, 4.69) is 15.0 Å². The summed E-state index contributed by atoms with van der Waals surface area (Å²) in [6, 6.07) is 10.5. The average molecular weight is 243 g/mol. The van der Waals surface area contributed by atoms with Crippen molar-refractivity contribution in [2.45, 2.75) is 0 Å². The van der Waals surface area contributed by atoms with E-state index in [-0.39, 0.29) is 5.97 Å². The lowest BCUT2D eigenvalue weighted by molar-refractivity contribution is 0.0601. The highest BCUT2D eigenvalue weighted by molar-refractivity contribution is 5.89. The molecule has 1 aromatic heterocycles. The first-order chi connectivity index (χ1) is 8.69. The third-order valence-corrected chi connectivity index (χ3v) is 2.36. The molecular weight excluding hydrogens is 230 g/mol. The van der Waals surface area contributed by atoms with E-state index in [9.17, 15) is 4.79 Å². The largest absolute Gasteiger partial charge is 0.465 e. The van der Waals surface area contributed by atoms with Crippen molar-refractivity contribution in [3.63, 3.8) is 0 Å². The summed E-state index contributed by atoms with van der Waals surface area (Å²) in [5, 5.41) is 3.10. The van der Waals surface area contributed by atoms with Crippen molar-refractivity contribution >= 4 is 23.2 Å². The molecule has 0 spiro atoms. The van der Waals surface area contributed by atoms with Crippen LogP contribution in [0.25, 0.3) is 0 Å².